The van der Waals surface area contributed by atoms with E-state index in [0.717, 1.165) is 12.8 Å². The van der Waals surface area contributed by atoms with Crippen molar-refractivity contribution in [2.24, 2.45) is 0 Å². The van der Waals surface area contributed by atoms with Gasteiger partial charge in [-0.2, -0.15) is 0 Å². The van der Waals surface area contributed by atoms with Gasteiger partial charge >= 0.3 is 0 Å². The summed E-state index contributed by atoms with van der Waals surface area (Å²) < 4.78 is 0. The summed E-state index contributed by atoms with van der Waals surface area (Å²) in [7, 11) is 0. The van der Waals surface area contributed by atoms with Crippen molar-refractivity contribution in [1.29, 1.82) is 0 Å². The van der Waals surface area contributed by atoms with Crippen LogP contribution in [-0.4, -0.2) is 22.4 Å². The average molecular weight is 189 g/mol. The van der Waals surface area contributed by atoms with E-state index in [1.54, 1.807) is 20.8 Å². The fourth-order valence-corrected chi connectivity index (χ4v) is 0.846. The first-order valence-electron chi connectivity index (χ1n) is 4.68. The van der Waals surface area contributed by atoms with Crippen molar-refractivity contribution in [3.05, 3.63) is 10.4 Å². The summed E-state index contributed by atoms with van der Waals surface area (Å²) in [6.07, 6.45) is 1.71. The summed E-state index contributed by atoms with van der Waals surface area (Å²) in [4.78, 5) is 0. The molecule has 1 atom stereocenters. The highest BCUT2D eigenvalue weighted by molar-refractivity contribution is 4.64. The minimum absolute atomic E-state index is 0.166. The van der Waals surface area contributed by atoms with E-state index in [9.17, 15) is 10.4 Å². The first kappa shape index (κ1) is 12.8. The third kappa shape index (κ3) is 5.17. The molecular formula is C8H19N3O2-2. The number of nitrogens with zero attached hydrogens (tertiary/aromatic N) is 2. The third-order valence-corrected chi connectivity index (χ3v) is 1.77. The van der Waals surface area contributed by atoms with Crippen molar-refractivity contribution in [1.82, 2.24) is 15.9 Å². The summed E-state index contributed by atoms with van der Waals surface area (Å²) in [5.74, 6) is 0. The van der Waals surface area contributed by atoms with E-state index >= 15 is 0 Å². The van der Waals surface area contributed by atoms with Gasteiger partial charge in [0.15, 0.2) is 0 Å². The molecule has 5 heteroatoms. The maximum Gasteiger partial charge on any atom is 0.00923 e. The Morgan fingerprint density at radius 1 is 1.15 bits per heavy atom. The van der Waals surface area contributed by atoms with Crippen LogP contribution in [0.15, 0.2) is 0 Å². The van der Waals surface area contributed by atoms with Gasteiger partial charge in [-0.25, -0.2) is 5.53 Å². The number of nitrogens with one attached hydrogen (secondary N) is 1. The first-order valence-corrected chi connectivity index (χ1v) is 4.68. The smallest absolute Gasteiger partial charge is 0.00923 e. The molecule has 0 radical (unpaired) electrons. The topological polar surface area (TPSA) is 64.6 Å². The van der Waals surface area contributed by atoms with E-state index in [2.05, 4.69) is 5.53 Å². The second-order valence-electron chi connectivity index (χ2n) is 3.48. The number of hydrogen-bond acceptors (Lipinski definition) is 5. The van der Waals surface area contributed by atoms with Crippen LogP contribution in [0.3, 0.4) is 0 Å². The molecule has 0 aromatic rings. The van der Waals surface area contributed by atoms with Gasteiger partial charge in [-0.3, -0.25) is 0 Å². The minimum Gasteiger partial charge on any atom is -0.770 e. The highest BCUT2D eigenvalue weighted by Crippen LogP contribution is 2.03. The van der Waals surface area contributed by atoms with Crippen molar-refractivity contribution in [3.63, 3.8) is 0 Å². The van der Waals surface area contributed by atoms with Crippen LogP contribution in [0, 0.1) is 10.4 Å². The molecule has 0 aliphatic carbocycles. The largest absolute Gasteiger partial charge is 0.770 e. The van der Waals surface area contributed by atoms with Crippen LogP contribution >= 0.6 is 0 Å². The monoisotopic (exact) mass is 189 g/mol. The molecular weight excluding hydrogens is 170 g/mol. The second-order valence-corrected chi connectivity index (χ2v) is 3.48. The van der Waals surface area contributed by atoms with Crippen LogP contribution in [0.4, 0.5) is 0 Å². The van der Waals surface area contributed by atoms with Crippen LogP contribution in [0.2, 0.25) is 0 Å². The maximum absolute atomic E-state index is 11.2. The Labute approximate surface area is 79.8 Å². The summed E-state index contributed by atoms with van der Waals surface area (Å²) in [6.45, 7) is 7.23. The molecule has 80 valence electrons. The lowest BCUT2D eigenvalue weighted by Gasteiger charge is -2.44. The molecule has 0 saturated carbocycles. The lowest BCUT2D eigenvalue weighted by atomic mass is 10.2. The normalized spacial score (nSPS) is 14.5. The molecule has 0 bridgehead atoms. The molecule has 0 rings (SSSR count). The van der Waals surface area contributed by atoms with Gasteiger partial charge in [0.2, 0.25) is 0 Å². The standard InChI is InChI=1S/C8H19N3O2/c1-5-6-8(4)11(13)9-10(12)7(2)3/h7-9H,5-6H2,1-4H3/q-2. The fraction of sp³-hybridized carbons (Fsp3) is 1.00. The van der Waals surface area contributed by atoms with E-state index < -0.39 is 0 Å². The molecule has 0 aromatic carbocycles. The average Bonchev–Trinajstić information content (AvgIpc) is 2.04. The Bertz CT molecular complexity index is 133. The molecule has 13 heavy (non-hydrogen) atoms. The number of hydroxylamine groups is 2. The van der Waals surface area contributed by atoms with E-state index in [-0.39, 0.29) is 12.1 Å². The van der Waals surface area contributed by atoms with Crippen molar-refractivity contribution in [2.75, 3.05) is 0 Å². The third-order valence-electron chi connectivity index (χ3n) is 1.77. The SMILES string of the molecule is CCCC(C)N([O-])NN([O-])C(C)C. The molecule has 0 aromatic heterocycles. The van der Waals surface area contributed by atoms with Gasteiger partial charge in [-0.1, -0.05) is 13.3 Å². The van der Waals surface area contributed by atoms with Crippen LogP contribution in [0.1, 0.15) is 40.5 Å². The summed E-state index contributed by atoms with van der Waals surface area (Å²) in [5.41, 5.74) is 2.22. The van der Waals surface area contributed by atoms with Gasteiger partial charge < -0.3 is 20.8 Å². The summed E-state index contributed by atoms with van der Waals surface area (Å²) in [6, 6.07) is -0.398. The highest BCUT2D eigenvalue weighted by atomic mass is 16.6. The molecule has 0 spiro atoms. The zero-order valence-electron chi connectivity index (χ0n) is 8.78. The van der Waals surface area contributed by atoms with Gasteiger partial charge in [0.25, 0.3) is 0 Å². The Hall–Kier alpha value is -0.200. The molecule has 0 aliphatic rings. The molecule has 0 aliphatic heterocycles. The summed E-state index contributed by atoms with van der Waals surface area (Å²) in [5, 5.41) is 23.4. The zero-order chi connectivity index (χ0) is 10.4. The molecule has 1 N–H and O–H groups in total. The Morgan fingerprint density at radius 3 is 2.08 bits per heavy atom. The van der Waals surface area contributed by atoms with Crippen LogP contribution in [0.5, 0.6) is 0 Å². The van der Waals surface area contributed by atoms with E-state index in [4.69, 9.17) is 0 Å². The lowest BCUT2D eigenvalue weighted by Crippen LogP contribution is -2.50. The minimum atomic E-state index is -0.231. The fourth-order valence-electron chi connectivity index (χ4n) is 0.846. The molecule has 0 amide bonds. The molecule has 1 unspecified atom stereocenters. The molecule has 0 saturated heterocycles. The highest BCUT2D eigenvalue weighted by Gasteiger charge is 2.03. The van der Waals surface area contributed by atoms with Crippen molar-refractivity contribution in [3.8, 4) is 0 Å². The van der Waals surface area contributed by atoms with Gasteiger partial charge in [0.05, 0.1) is 0 Å². The zero-order valence-corrected chi connectivity index (χ0v) is 8.78. The van der Waals surface area contributed by atoms with Crippen LogP contribution in [0.25, 0.3) is 0 Å². The van der Waals surface area contributed by atoms with Gasteiger partial charge in [-0.15, -0.1) is 0 Å². The first-order chi connectivity index (χ1) is 5.99. The Balaban J connectivity index is 3.77. The summed E-state index contributed by atoms with van der Waals surface area (Å²) >= 11 is 0. The van der Waals surface area contributed by atoms with Crippen LogP contribution in [-0.2, 0) is 0 Å². The lowest BCUT2D eigenvalue weighted by molar-refractivity contribution is 0.0480. The van der Waals surface area contributed by atoms with E-state index in [1.165, 1.54) is 0 Å². The number of hydrogen-bond donors (Lipinski definition) is 1. The molecule has 0 fully saturated rings. The Kier molecular flexibility index (Phi) is 6.19. The van der Waals surface area contributed by atoms with Crippen molar-refractivity contribution < 1.29 is 0 Å². The Morgan fingerprint density at radius 2 is 1.69 bits per heavy atom. The second kappa shape index (κ2) is 6.28. The predicted octanol–water partition coefficient (Wildman–Crippen LogP) is 1.60. The van der Waals surface area contributed by atoms with Gasteiger partial charge in [-0.05, 0) is 27.2 Å². The quantitative estimate of drug-likeness (QED) is 0.643. The predicted molar refractivity (Wildman–Crippen MR) is 53.1 cm³/mol. The van der Waals surface area contributed by atoms with Gasteiger partial charge in [0, 0.05) is 12.1 Å². The van der Waals surface area contributed by atoms with Crippen LogP contribution < -0.4 is 5.53 Å². The van der Waals surface area contributed by atoms with E-state index in [0.29, 0.717) is 10.3 Å². The van der Waals surface area contributed by atoms with Gasteiger partial charge in [0.1, 0.15) is 0 Å². The number of rotatable bonds is 6. The number of hydrazine groups is 2. The molecule has 5 nitrogen and oxygen atoms in total. The van der Waals surface area contributed by atoms with E-state index in [1.807, 2.05) is 6.92 Å². The maximum atomic E-state index is 11.2. The van der Waals surface area contributed by atoms with Crippen molar-refractivity contribution in [2.45, 2.75) is 52.6 Å². The molecule has 0 heterocycles. The van der Waals surface area contributed by atoms with Crippen molar-refractivity contribution >= 4 is 0 Å².